The Morgan fingerprint density at radius 2 is 1.42 bits per heavy atom. The molecule has 0 radical (unpaired) electrons. The highest BCUT2D eigenvalue weighted by atomic mass is 32.2. The highest BCUT2D eigenvalue weighted by Gasteiger charge is 2.11. The number of carbonyl (C=O) groups excluding carboxylic acids is 1. The minimum Gasteiger partial charge on any atom is -0.281 e. The molecule has 3 rings (SSSR count). The molecule has 92 valence electrons. The number of carbonyl (C=O) groups is 1. The Morgan fingerprint density at radius 1 is 0.737 bits per heavy atom. The maximum Gasteiger partial charge on any atom is 0.224 e. The van der Waals surface area contributed by atoms with Gasteiger partial charge in [0.25, 0.3) is 0 Å². The third-order valence-corrected chi connectivity index (χ3v) is 3.88. The Morgan fingerprint density at radius 3 is 2.26 bits per heavy atom. The fourth-order valence-electron chi connectivity index (χ4n) is 2.05. The molecule has 0 aliphatic carbocycles. The lowest BCUT2D eigenvalue weighted by atomic mass is 10.1. The number of hydrogen-bond donors (Lipinski definition) is 0. The summed E-state index contributed by atoms with van der Waals surface area (Å²) >= 11 is 1.27. The number of fused-ring (bicyclic) bond motifs is 1. The van der Waals surface area contributed by atoms with Crippen LogP contribution in [0.5, 0.6) is 0 Å². The monoisotopic (exact) mass is 264 g/mol. The summed E-state index contributed by atoms with van der Waals surface area (Å²) in [6, 6.07) is 23.6. The lowest BCUT2D eigenvalue weighted by Crippen LogP contribution is -1.94. The molecule has 19 heavy (non-hydrogen) atoms. The average molecular weight is 264 g/mol. The van der Waals surface area contributed by atoms with Gasteiger partial charge in [-0.25, -0.2) is 0 Å². The first kappa shape index (κ1) is 12.0. The van der Waals surface area contributed by atoms with Gasteiger partial charge in [0.2, 0.25) is 5.12 Å². The summed E-state index contributed by atoms with van der Waals surface area (Å²) < 4.78 is 0. The van der Waals surface area contributed by atoms with E-state index in [9.17, 15) is 4.79 Å². The molecule has 0 aliphatic rings. The van der Waals surface area contributed by atoms with Gasteiger partial charge >= 0.3 is 0 Å². The van der Waals surface area contributed by atoms with E-state index in [1.54, 1.807) is 0 Å². The van der Waals surface area contributed by atoms with Crippen LogP contribution in [0, 0.1) is 0 Å². The quantitative estimate of drug-likeness (QED) is 0.620. The lowest BCUT2D eigenvalue weighted by Gasteiger charge is -2.05. The molecule has 0 fully saturated rings. The second kappa shape index (κ2) is 5.29. The first-order valence-electron chi connectivity index (χ1n) is 6.09. The minimum absolute atomic E-state index is 0.0861. The van der Waals surface area contributed by atoms with E-state index in [0.29, 0.717) is 0 Å². The molecule has 0 atom stereocenters. The maximum absolute atomic E-state index is 12.4. The molecule has 0 spiro atoms. The Bertz CT molecular complexity index is 714. The molecule has 0 bridgehead atoms. The second-order valence-corrected chi connectivity index (χ2v) is 5.28. The third kappa shape index (κ3) is 2.54. The third-order valence-electron chi connectivity index (χ3n) is 2.96. The number of benzene rings is 3. The fourth-order valence-corrected chi connectivity index (χ4v) is 2.85. The highest BCUT2D eigenvalue weighted by molar-refractivity contribution is 8.14. The van der Waals surface area contributed by atoms with Crippen molar-refractivity contribution in [3.8, 4) is 0 Å². The van der Waals surface area contributed by atoms with Gasteiger partial charge in [0.1, 0.15) is 0 Å². The van der Waals surface area contributed by atoms with Crippen molar-refractivity contribution >= 4 is 27.6 Å². The molecule has 0 saturated heterocycles. The Kier molecular flexibility index (Phi) is 3.34. The Hall–Kier alpha value is -2.06. The van der Waals surface area contributed by atoms with Gasteiger partial charge in [-0.05, 0) is 40.7 Å². The molecule has 3 aromatic rings. The van der Waals surface area contributed by atoms with Crippen molar-refractivity contribution in [1.29, 1.82) is 0 Å². The van der Waals surface area contributed by atoms with Crippen LogP contribution in [0.1, 0.15) is 10.4 Å². The first-order valence-corrected chi connectivity index (χ1v) is 6.91. The van der Waals surface area contributed by atoms with Crippen LogP contribution in [-0.2, 0) is 0 Å². The molecule has 2 heteroatoms. The number of rotatable bonds is 2. The van der Waals surface area contributed by atoms with Crippen molar-refractivity contribution < 1.29 is 4.79 Å². The topological polar surface area (TPSA) is 17.1 Å². The molecule has 0 unspecified atom stereocenters. The Balaban J connectivity index is 1.98. The Labute approximate surface area is 116 Å². The molecule has 0 aliphatic heterocycles. The summed E-state index contributed by atoms with van der Waals surface area (Å²) in [4.78, 5) is 13.4. The number of thioether (sulfide) groups is 1. The van der Waals surface area contributed by atoms with Crippen molar-refractivity contribution in [3.05, 3.63) is 78.4 Å². The van der Waals surface area contributed by atoms with Crippen LogP contribution in [0.25, 0.3) is 10.8 Å². The minimum atomic E-state index is 0.0861. The van der Waals surface area contributed by atoms with E-state index in [1.807, 2.05) is 72.8 Å². The van der Waals surface area contributed by atoms with E-state index in [0.717, 1.165) is 21.2 Å². The average Bonchev–Trinajstić information content (AvgIpc) is 2.47. The SMILES string of the molecule is O=C(Sc1ccccc1)c1cccc2ccccc12. The molecular weight excluding hydrogens is 252 g/mol. The van der Waals surface area contributed by atoms with E-state index in [2.05, 4.69) is 0 Å². The van der Waals surface area contributed by atoms with E-state index >= 15 is 0 Å². The zero-order valence-electron chi connectivity index (χ0n) is 10.2. The molecule has 0 N–H and O–H groups in total. The zero-order valence-corrected chi connectivity index (χ0v) is 11.1. The van der Waals surface area contributed by atoms with Crippen LogP contribution in [0.4, 0.5) is 0 Å². The van der Waals surface area contributed by atoms with Gasteiger partial charge in [0.05, 0.1) is 0 Å². The van der Waals surface area contributed by atoms with Gasteiger partial charge in [-0.3, -0.25) is 4.79 Å². The van der Waals surface area contributed by atoms with Gasteiger partial charge in [-0.2, -0.15) is 0 Å². The predicted molar refractivity (Wildman–Crippen MR) is 80.6 cm³/mol. The molecular formula is C17H12OS. The summed E-state index contributed by atoms with van der Waals surface area (Å²) in [5.74, 6) is 0. The highest BCUT2D eigenvalue weighted by Crippen LogP contribution is 2.27. The summed E-state index contributed by atoms with van der Waals surface area (Å²) in [5.41, 5.74) is 0.770. The van der Waals surface area contributed by atoms with Gasteiger partial charge in [-0.15, -0.1) is 0 Å². The smallest absolute Gasteiger partial charge is 0.224 e. The van der Waals surface area contributed by atoms with Crippen molar-refractivity contribution in [2.45, 2.75) is 4.90 Å². The summed E-state index contributed by atoms with van der Waals surface area (Å²) in [5, 5.41) is 2.20. The molecule has 0 heterocycles. The normalized spacial score (nSPS) is 10.5. The van der Waals surface area contributed by atoms with Gasteiger partial charge < -0.3 is 0 Å². The molecule has 1 nitrogen and oxygen atoms in total. The van der Waals surface area contributed by atoms with E-state index in [1.165, 1.54) is 11.8 Å². The summed E-state index contributed by atoms with van der Waals surface area (Å²) in [7, 11) is 0. The second-order valence-electron chi connectivity index (χ2n) is 4.23. The molecule has 0 aromatic heterocycles. The van der Waals surface area contributed by atoms with Crippen LogP contribution in [0.15, 0.2) is 77.7 Å². The van der Waals surface area contributed by atoms with E-state index in [4.69, 9.17) is 0 Å². The fraction of sp³-hybridized carbons (Fsp3) is 0. The van der Waals surface area contributed by atoms with Gasteiger partial charge in [-0.1, -0.05) is 54.6 Å². The van der Waals surface area contributed by atoms with Crippen molar-refractivity contribution in [2.24, 2.45) is 0 Å². The van der Waals surface area contributed by atoms with Crippen LogP contribution in [-0.4, -0.2) is 5.12 Å². The predicted octanol–water partition coefficient (Wildman–Crippen LogP) is 4.77. The van der Waals surface area contributed by atoms with Crippen LogP contribution in [0.3, 0.4) is 0 Å². The maximum atomic E-state index is 12.4. The van der Waals surface area contributed by atoms with Crippen LogP contribution >= 0.6 is 11.8 Å². The van der Waals surface area contributed by atoms with Gasteiger partial charge in [0.15, 0.2) is 0 Å². The summed E-state index contributed by atoms with van der Waals surface area (Å²) in [6.45, 7) is 0. The molecule has 0 amide bonds. The van der Waals surface area contributed by atoms with Crippen LogP contribution in [0.2, 0.25) is 0 Å². The van der Waals surface area contributed by atoms with E-state index in [-0.39, 0.29) is 5.12 Å². The number of hydrogen-bond acceptors (Lipinski definition) is 2. The zero-order chi connectivity index (χ0) is 13.1. The summed E-state index contributed by atoms with van der Waals surface area (Å²) in [6.07, 6.45) is 0. The van der Waals surface area contributed by atoms with Gasteiger partial charge in [0, 0.05) is 10.5 Å². The van der Waals surface area contributed by atoms with Crippen LogP contribution < -0.4 is 0 Å². The van der Waals surface area contributed by atoms with E-state index < -0.39 is 0 Å². The standard InChI is InChI=1S/C17H12OS/c18-17(19-14-9-2-1-3-10-14)16-12-6-8-13-7-4-5-11-15(13)16/h1-12H. The first-order chi connectivity index (χ1) is 9.34. The van der Waals surface area contributed by atoms with Crippen molar-refractivity contribution in [3.63, 3.8) is 0 Å². The largest absolute Gasteiger partial charge is 0.281 e. The van der Waals surface area contributed by atoms with Crippen molar-refractivity contribution in [2.75, 3.05) is 0 Å². The van der Waals surface area contributed by atoms with Crippen molar-refractivity contribution in [1.82, 2.24) is 0 Å². The molecule has 3 aromatic carbocycles. The molecule has 0 saturated carbocycles. The lowest BCUT2D eigenvalue weighted by molar-refractivity contribution is 0.109.